The molecule has 1 aromatic rings. The van der Waals surface area contributed by atoms with Crippen molar-refractivity contribution in [3.8, 4) is 0 Å². The first-order chi connectivity index (χ1) is 9.16. The van der Waals surface area contributed by atoms with Crippen LogP contribution in [-0.2, 0) is 4.79 Å². The summed E-state index contributed by atoms with van der Waals surface area (Å²) in [4.78, 5) is 24.5. The third kappa shape index (κ3) is 4.04. The minimum absolute atomic E-state index is 0.0189. The number of hydrogen-bond donors (Lipinski definition) is 2. The number of carbonyl (C=O) groups excluding carboxylic acids is 1. The molecule has 2 heterocycles. The van der Waals surface area contributed by atoms with Gasteiger partial charge in [0, 0.05) is 25.0 Å². The summed E-state index contributed by atoms with van der Waals surface area (Å²) in [7, 11) is 0. The largest absolute Gasteiger partial charge is 0.480 e. The maximum atomic E-state index is 12.2. The van der Waals surface area contributed by atoms with Crippen LogP contribution < -0.4 is 5.32 Å². The zero-order valence-electron chi connectivity index (χ0n) is 10.7. The molecule has 1 amide bonds. The molecule has 2 N–H and O–H groups in total. The predicted molar refractivity (Wildman–Crippen MR) is 73.5 cm³/mol. The highest BCUT2D eigenvalue weighted by Gasteiger charge is 2.24. The quantitative estimate of drug-likeness (QED) is 0.853. The van der Waals surface area contributed by atoms with Crippen molar-refractivity contribution >= 4 is 23.2 Å². The van der Waals surface area contributed by atoms with Crippen LogP contribution in [-0.4, -0.2) is 48.1 Å². The lowest BCUT2D eigenvalue weighted by Crippen LogP contribution is -2.43. The number of rotatable bonds is 5. The van der Waals surface area contributed by atoms with Crippen LogP contribution in [0.2, 0.25) is 0 Å². The topological polar surface area (TPSA) is 69.6 Å². The molecular weight excluding hydrogens is 264 g/mol. The number of nitrogens with zero attached hydrogens (tertiary/aromatic N) is 1. The fraction of sp³-hybridized carbons (Fsp3) is 0.538. The van der Waals surface area contributed by atoms with Crippen molar-refractivity contribution in [1.82, 2.24) is 10.2 Å². The average Bonchev–Trinajstić information content (AvgIpc) is 2.91. The molecule has 0 aromatic carbocycles. The Morgan fingerprint density at radius 3 is 3.05 bits per heavy atom. The fourth-order valence-electron chi connectivity index (χ4n) is 2.37. The molecule has 1 aliphatic heterocycles. The second kappa shape index (κ2) is 6.68. The Labute approximate surface area is 116 Å². The molecule has 2 rings (SSSR count). The molecule has 0 saturated carbocycles. The van der Waals surface area contributed by atoms with Gasteiger partial charge in [0.25, 0.3) is 5.91 Å². The van der Waals surface area contributed by atoms with Crippen LogP contribution in [0.5, 0.6) is 0 Å². The Balaban J connectivity index is 1.83. The van der Waals surface area contributed by atoms with Gasteiger partial charge < -0.3 is 15.3 Å². The maximum absolute atomic E-state index is 12.2. The van der Waals surface area contributed by atoms with E-state index in [-0.39, 0.29) is 12.5 Å². The van der Waals surface area contributed by atoms with Gasteiger partial charge in [0.05, 0.1) is 12.1 Å². The molecule has 1 aliphatic rings. The molecule has 1 aromatic heterocycles. The smallest absolute Gasteiger partial charge is 0.317 e. The van der Waals surface area contributed by atoms with Crippen LogP contribution >= 0.6 is 11.3 Å². The molecule has 0 radical (unpaired) electrons. The van der Waals surface area contributed by atoms with Gasteiger partial charge in [-0.25, -0.2) is 0 Å². The van der Waals surface area contributed by atoms with Gasteiger partial charge in [0.2, 0.25) is 0 Å². The van der Waals surface area contributed by atoms with Crippen LogP contribution in [0, 0.1) is 5.92 Å². The molecule has 1 saturated heterocycles. The Bertz CT molecular complexity index is 433. The van der Waals surface area contributed by atoms with Crippen LogP contribution in [0.3, 0.4) is 0 Å². The number of aliphatic carboxylic acids is 1. The van der Waals surface area contributed by atoms with Crippen LogP contribution in [0.25, 0.3) is 0 Å². The van der Waals surface area contributed by atoms with E-state index < -0.39 is 5.97 Å². The number of amides is 1. The molecule has 19 heavy (non-hydrogen) atoms. The van der Waals surface area contributed by atoms with Gasteiger partial charge in [-0.15, -0.1) is 0 Å². The molecule has 5 nitrogen and oxygen atoms in total. The fourth-order valence-corrected chi connectivity index (χ4v) is 3.00. The van der Waals surface area contributed by atoms with E-state index in [1.807, 2.05) is 21.7 Å². The highest BCUT2D eigenvalue weighted by atomic mass is 32.1. The van der Waals surface area contributed by atoms with E-state index in [1.165, 1.54) is 11.3 Å². The molecule has 6 heteroatoms. The van der Waals surface area contributed by atoms with Gasteiger partial charge in [0.15, 0.2) is 0 Å². The summed E-state index contributed by atoms with van der Waals surface area (Å²) in [5.41, 5.74) is 0.754. The lowest BCUT2D eigenvalue weighted by Gasteiger charge is -2.32. The monoisotopic (exact) mass is 282 g/mol. The molecule has 104 valence electrons. The van der Waals surface area contributed by atoms with Crippen LogP contribution in [0.1, 0.15) is 23.2 Å². The van der Waals surface area contributed by atoms with Gasteiger partial charge in [-0.05, 0) is 30.2 Å². The number of likely N-dealkylation sites (tertiary alicyclic amines) is 1. The summed E-state index contributed by atoms with van der Waals surface area (Å²) in [6, 6.07) is 1.85. The Morgan fingerprint density at radius 2 is 2.37 bits per heavy atom. The lowest BCUT2D eigenvalue weighted by atomic mass is 9.97. The number of carbonyl (C=O) groups is 2. The SMILES string of the molecule is O=C(O)CNCC1CCCN(C(=O)c2ccsc2)C1. The summed E-state index contributed by atoms with van der Waals surface area (Å²) in [5, 5.41) is 15.3. The summed E-state index contributed by atoms with van der Waals surface area (Å²) < 4.78 is 0. The second-order valence-electron chi connectivity index (χ2n) is 4.80. The maximum Gasteiger partial charge on any atom is 0.317 e. The zero-order valence-corrected chi connectivity index (χ0v) is 11.5. The highest BCUT2D eigenvalue weighted by molar-refractivity contribution is 7.08. The molecule has 1 atom stereocenters. The van der Waals surface area contributed by atoms with Crippen LogP contribution in [0.4, 0.5) is 0 Å². The second-order valence-corrected chi connectivity index (χ2v) is 5.58. The van der Waals surface area contributed by atoms with Gasteiger partial charge in [-0.1, -0.05) is 0 Å². The summed E-state index contributed by atoms with van der Waals surface area (Å²) >= 11 is 1.52. The third-order valence-electron chi connectivity index (χ3n) is 3.28. The first-order valence-corrected chi connectivity index (χ1v) is 7.35. The number of carboxylic acid groups (broad SMARTS) is 1. The summed E-state index contributed by atoms with van der Waals surface area (Å²) in [6.07, 6.45) is 2.02. The molecule has 1 unspecified atom stereocenters. The minimum Gasteiger partial charge on any atom is -0.480 e. The predicted octanol–water partition coefficient (Wildman–Crippen LogP) is 1.27. The number of nitrogens with one attached hydrogen (secondary N) is 1. The Kier molecular flexibility index (Phi) is 4.93. The third-order valence-corrected chi connectivity index (χ3v) is 3.97. The average molecular weight is 282 g/mol. The van der Waals surface area contributed by atoms with Crippen molar-refractivity contribution in [2.24, 2.45) is 5.92 Å². The summed E-state index contributed by atoms with van der Waals surface area (Å²) in [6.45, 7) is 2.14. The highest BCUT2D eigenvalue weighted by Crippen LogP contribution is 2.19. The molecule has 0 aliphatic carbocycles. The van der Waals surface area contributed by atoms with E-state index >= 15 is 0 Å². The molecular formula is C13H18N2O3S. The van der Waals surface area contributed by atoms with E-state index in [1.54, 1.807) is 0 Å². The van der Waals surface area contributed by atoms with Crippen molar-refractivity contribution in [3.63, 3.8) is 0 Å². The van der Waals surface area contributed by atoms with Crippen molar-refractivity contribution in [3.05, 3.63) is 22.4 Å². The Morgan fingerprint density at radius 1 is 1.53 bits per heavy atom. The Hall–Kier alpha value is -1.40. The van der Waals surface area contributed by atoms with E-state index in [2.05, 4.69) is 5.32 Å². The van der Waals surface area contributed by atoms with Crippen molar-refractivity contribution < 1.29 is 14.7 Å². The van der Waals surface area contributed by atoms with Crippen molar-refractivity contribution in [2.75, 3.05) is 26.2 Å². The summed E-state index contributed by atoms with van der Waals surface area (Å²) in [5.74, 6) is -0.415. The number of hydrogen-bond acceptors (Lipinski definition) is 4. The zero-order chi connectivity index (χ0) is 13.7. The number of carboxylic acids is 1. The molecule has 0 bridgehead atoms. The normalized spacial score (nSPS) is 19.4. The standard InChI is InChI=1S/C13H18N2O3S/c16-12(17)7-14-6-10-2-1-4-15(8-10)13(18)11-3-5-19-9-11/h3,5,9-10,14H,1-2,4,6-8H2,(H,16,17). The van der Waals surface area contributed by atoms with Gasteiger partial charge in [0.1, 0.15) is 0 Å². The van der Waals surface area contributed by atoms with E-state index in [9.17, 15) is 9.59 Å². The minimum atomic E-state index is -0.845. The first kappa shape index (κ1) is 14.0. The van der Waals surface area contributed by atoms with Crippen molar-refractivity contribution in [2.45, 2.75) is 12.8 Å². The first-order valence-electron chi connectivity index (χ1n) is 6.41. The number of piperidine rings is 1. The molecule has 1 fully saturated rings. The number of thiophene rings is 1. The van der Waals surface area contributed by atoms with E-state index in [4.69, 9.17) is 5.11 Å². The van der Waals surface area contributed by atoms with Crippen molar-refractivity contribution in [1.29, 1.82) is 0 Å². The van der Waals surface area contributed by atoms with Crippen LogP contribution in [0.15, 0.2) is 16.8 Å². The van der Waals surface area contributed by atoms with Gasteiger partial charge >= 0.3 is 5.97 Å². The van der Waals surface area contributed by atoms with E-state index in [0.717, 1.165) is 24.9 Å². The van der Waals surface area contributed by atoms with Gasteiger partial charge in [-0.3, -0.25) is 9.59 Å². The molecule has 0 spiro atoms. The van der Waals surface area contributed by atoms with E-state index in [0.29, 0.717) is 19.0 Å². The van der Waals surface area contributed by atoms with Gasteiger partial charge in [-0.2, -0.15) is 11.3 Å². The lowest BCUT2D eigenvalue weighted by molar-refractivity contribution is -0.136.